The Morgan fingerprint density at radius 3 is 2.17 bits per heavy atom. The lowest BCUT2D eigenvalue weighted by Gasteiger charge is -2.26. The highest BCUT2D eigenvalue weighted by molar-refractivity contribution is 7.91. The fraction of sp³-hybridized carbons (Fsp3) is 0.615. The third-order valence-electron chi connectivity index (χ3n) is 5.05. The molecule has 0 radical (unpaired) electrons. The van der Waals surface area contributed by atoms with Gasteiger partial charge in [0.15, 0.2) is 9.84 Å². The molecule has 0 N–H and O–H groups in total. The van der Waals surface area contributed by atoms with E-state index in [9.17, 15) is 22.4 Å². The molecule has 1 aromatic rings. The number of amides is 1. The minimum Gasteiger partial charge on any atom is -0.489 e. The van der Waals surface area contributed by atoms with Crippen molar-refractivity contribution in [1.82, 2.24) is 4.90 Å². The first-order chi connectivity index (χ1) is 16.2. The zero-order chi connectivity index (χ0) is 26.8. The van der Waals surface area contributed by atoms with Crippen molar-refractivity contribution in [2.24, 2.45) is 11.8 Å². The topological polar surface area (TPSA) is 90.0 Å². The van der Waals surface area contributed by atoms with Crippen molar-refractivity contribution in [3.63, 3.8) is 0 Å². The van der Waals surface area contributed by atoms with Gasteiger partial charge in [-0.2, -0.15) is 0 Å². The molecule has 0 aromatic heterocycles. The third-order valence-corrected chi connectivity index (χ3v) is 7.05. The van der Waals surface area contributed by atoms with E-state index in [4.69, 9.17) is 9.47 Å². The SMILES string of the molecule is CCN(CC(C)CS(=O)(=O)c1ccc(OC/C(=C/F)CCC(=O)OC(C)(C)C)cc1)C(=O)C(C)C. The van der Waals surface area contributed by atoms with E-state index in [2.05, 4.69) is 0 Å². The van der Waals surface area contributed by atoms with Crippen LogP contribution in [0.3, 0.4) is 0 Å². The van der Waals surface area contributed by atoms with Gasteiger partial charge < -0.3 is 14.4 Å². The van der Waals surface area contributed by atoms with Gasteiger partial charge >= 0.3 is 5.97 Å². The second kappa shape index (κ2) is 13.6. The molecule has 0 saturated heterocycles. The second-order valence-electron chi connectivity index (χ2n) is 10.0. The van der Waals surface area contributed by atoms with Crippen molar-refractivity contribution in [1.29, 1.82) is 0 Å². The Labute approximate surface area is 209 Å². The highest BCUT2D eigenvalue weighted by Gasteiger charge is 2.23. The summed E-state index contributed by atoms with van der Waals surface area (Å²) in [5.74, 6) is -0.498. The lowest BCUT2D eigenvalue weighted by atomic mass is 10.1. The van der Waals surface area contributed by atoms with Gasteiger partial charge in [0, 0.05) is 25.4 Å². The average Bonchev–Trinajstić information content (AvgIpc) is 2.75. The molecule has 0 aliphatic heterocycles. The van der Waals surface area contributed by atoms with E-state index in [1.165, 1.54) is 24.3 Å². The maximum Gasteiger partial charge on any atom is 0.306 e. The van der Waals surface area contributed by atoms with Crippen LogP contribution >= 0.6 is 0 Å². The van der Waals surface area contributed by atoms with Gasteiger partial charge in [-0.3, -0.25) is 9.59 Å². The van der Waals surface area contributed by atoms with E-state index in [0.29, 0.717) is 25.2 Å². The first kappa shape index (κ1) is 30.6. The molecular weight excluding hydrogens is 473 g/mol. The van der Waals surface area contributed by atoms with Gasteiger partial charge in [0.2, 0.25) is 5.91 Å². The zero-order valence-electron chi connectivity index (χ0n) is 22.0. The van der Waals surface area contributed by atoms with Crippen LogP contribution in [0.15, 0.2) is 41.1 Å². The van der Waals surface area contributed by atoms with Gasteiger partial charge in [-0.15, -0.1) is 0 Å². The number of halogens is 1. The zero-order valence-corrected chi connectivity index (χ0v) is 22.8. The highest BCUT2D eigenvalue weighted by atomic mass is 32.2. The molecular formula is C26H40FNO6S. The molecule has 0 heterocycles. The van der Waals surface area contributed by atoms with E-state index < -0.39 is 21.4 Å². The van der Waals surface area contributed by atoms with Crippen molar-refractivity contribution in [3.05, 3.63) is 36.2 Å². The molecule has 0 aliphatic carbocycles. The Morgan fingerprint density at radius 1 is 1.09 bits per heavy atom. The second-order valence-corrected chi connectivity index (χ2v) is 12.1. The number of carbonyl (C=O) groups is 2. The highest BCUT2D eigenvalue weighted by Crippen LogP contribution is 2.21. The predicted octanol–water partition coefficient (Wildman–Crippen LogP) is 4.96. The number of sulfone groups is 1. The maximum absolute atomic E-state index is 13.2. The Bertz CT molecular complexity index is 965. The molecule has 1 aromatic carbocycles. The number of hydrogen-bond acceptors (Lipinski definition) is 6. The van der Waals surface area contributed by atoms with Gasteiger partial charge in [-0.1, -0.05) is 20.8 Å². The number of carbonyl (C=O) groups excluding carboxylic acids is 2. The summed E-state index contributed by atoms with van der Waals surface area (Å²) >= 11 is 0. The van der Waals surface area contributed by atoms with Gasteiger partial charge in [0.25, 0.3) is 0 Å². The fourth-order valence-electron chi connectivity index (χ4n) is 3.37. The van der Waals surface area contributed by atoms with Crippen molar-refractivity contribution in [3.8, 4) is 5.75 Å². The van der Waals surface area contributed by atoms with E-state index in [1.807, 2.05) is 27.7 Å². The van der Waals surface area contributed by atoms with Gasteiger partial charge in [-0.05, 0) is 69.9 Å². The van der Waals surface area contributed by atoms with E-state index in [-0.39, 0.29) is 53.4 Å². The van der Waals surface area contributed by atoms with Crippen molar-refractivity contribution >= 4 is 21.7 Å². The average molecular weight is 514 g/mol. The summed E-state index contributed by atoms with van der Waals surface area (Å²) in [4.78, 5) is 25.9. The number of ether oxygens (including phenoxy) is 2. The van der Waals surface area contributed by atoms with Crippen LogP contribution in [0, 0.1) is 11.8 Å². The van der Waals surface area contributed by atoms with Crippen molar-refractivity contribution < 1.29 is 31.9 Å². The van der Waals surface area contributed by atoms with Crippen LogP contribution in [0.25, 0.3) is 0 Å². The summed E-state index contributed by atoms with van der Waals surface area (Å²) in [6.45, 7) is 13.4. The molecule has 0 bridgehead atoms. The smallest absolute Gasteiger partial charge is 0.306 e. The monoisotopic (exact) mass is 513 g/mol. The van der Waals surface area contributed by atoms with Crippen LogP contribution in [0.1, 0.15) is 61.3 Å². The van der Waals surface area contributed by atoms with E-state index in [0.717, 1.165) is 0 Å². The van der Waals surface area contributed by atoms with E-state index >= 15 is 0 Å². The summed E-state index contributed by atoms with van der Waals surface area (Å²) in [7, 11) is -3.56. The minimum atomic E-state index is -3.56. The largest absolute Gasteiger partial charge is 0.489 e. The summed E-state index contributed by atoms with van der Waals surface area (Å²) in [5, 5.41) is 0. The van der Waals surface area contributed by atoms with Gasteiger partial charge in [0.05, 0.1) is 17.0 Å². The maximum atomic E-state index is 13.2. The van der Waals surface area contributed by atoms with Gasteiger partial charge in [-0.25, -0.2) is 12.8 Å². The summed E-state index contributed by atoms with van der Waals surface area (Å²) < 4.78 is 49.7. The van der Waals surface area contributed by atoms with Crippen LogP contribution in [0.2, 0.25) is 0 Å². The molecule has 9 heteroatoms. The van der Waals surface area contributed by atoms with Crippen molar-refractivity contribution in [2.75, 3.05) is 25.4 Å². The molecule has 1 atom stereocenters. The fourth-order valence-corrected chi connectivity index (χ4v) is 4.97. The normalized spacial score (nSPS) is 13.5. The number of nitrogens with zero attached hydrogens (tertiary/aromatic N) is 1. The number of rotatable bonds is 13. The molecule has 1 rings (SSSR count). The first-order valence-electron chi connectivity index (χ1n) is 11.9. The minimum absolute atomic E-state index is 0.00559. The molecule has 35 heavy (non-hydrogen) atoms. The summed E-state index contributed by atoms with van der Waals surface area (Å²) in [5.41, 5.74) is -0.314. The van der Waals surface area contributed by atoms with E-state index in [1.54, 1.807) is 25.7 Å². The molecule has 7 nitrogen and oxygen atoms in total. The molecule has 0 saturated carbocycles. The molecule has 198 valence electrons. The predicted molar refractivity (Wildman–Crippen MR) is 135 cm³/mol. The number of hydrogen-bond donors (Lipinski definition) is 0. The third kappa shape index (κ3) is 11.2. The lowest BCUT2D eigenvalue weighted by Crippen LogP contribution is -2.38. The van der Waals surface area contributed by atoms with Crippen LogP contribution in [-0.2, 0) is 24.2 Å². The molecule has 0 fully saturated rings. The van der Waals surface area contributed by atoms with Crippen LogP contribution < -0.4 is 4.74 Å². The molecule has 0 spiro atoms. The Kier molecular flexibility index (Phi) is 11.9. The molecule has 1 amide bonds. The summed E-state index contributed by atoms with van der Waals surface area (Å²) in [6, 6.07) is 5.94. The Balaban J connectivity index is 2.66. The quantitative estimate of drug-likeness (QED) is 0.347. The Hall–Kier alpha value is -2.42. The lowest BCUT2D eigenvalue weighted by molar-refractivity contribution is -0.154. The van der Waals surface area contributed by atoms with Crippen LogP contribution in [0.4, 0.5) is 4.39 Å². The van der Waals surface area contributed by atoms with Crippen molar-refractivity contribution in [2.45, 2.75) is 71.8 Å². The number of benzene rings is 1. The number of esters is 1. The Morgan fingerprint density at radius 2 is 1.69 bits per heavy atom. The molecule has 1 unspecified atom stereocenters. The van der Waals surface area contributed by atoms with Gasteiger partial charge in [0.1, 0.15) is 18.0 Å². The van der Waals surface area contributed by atoms with Crippen LogP contribution in [-0.4, -0.2) is 56.2 Å². The molecule has 0 aliphatic rings. The first-order valence-corrected chi connectivity index (χ1v) is 13.6. The summed E-state index contributed by atoms with van der Waals surface area (Å²) in [6.07, 6.45) is 0.599. The standard InChI is InChI=1S/C26H40FNO6S/c1-8-28(25(30)19(2)3)16-20(4)18-35(31,32)23-12-10-22(11-13-23)33-17-21(15-27)9-14-24(29)34-26(5,6)7/h10-13,15,19-20H,8-9,14,16-18H2,1-7H3/b21-15+. The van der Waals surface area contributed by atoms with Crippen LogP contribution in [0.5, 0.6) is 5.75 Å².